The third kappa shape index (κ3) is 3.80. The molecule has 2 aliphatic heterocycles. The summed E-state index contributed by atoms with van der Waals surface area (Å²) >= 11 is 0. The number of hydrogen-bond donors (Lipinski definition) is 0. The van der Waals surface area contributed by atoms with Crippen molar-refractivity contribution < 1.29 is 33.0 Å². The summed E-state index contributed by atoms with van der Waals surface area (Å²) in [7, 11) is 0. The SMILES string of the molecule is O=C(/C=C\c1ccc2c(c1)OCO2)OCc1cc(-c2ccc3c(c2)OCCO3)on1. The molecular formula is C22H17NO7. The lowest BCUT2D eigenvalue weighted by Gasteiger charge is -2.18. The zero-order valence-electron chi connectivity index (χ0n) is 15.8. The highest BCUT2D eigenvalue weighted by Gasteiger charge is 2.15. The molecule has 0 fully saturated rings. The molecule has 3 aromatic rings. The summed E-state index contributed by atoms with van der Waals surface area (Å²) in [6.45, 7) is 1.25. The average Bonchev–Trinajstić information content (AvgIpc) is 3.45. The van der Waals surface area contributed by atoms with Crippen LogP contribution in [-0.4, -0.2) is 31.1 Å². The monoisotopic (exact) mass is 407 g/mol. The molecule has 0 saturated carbocycles. The van der Waals surface area contributed by atoms with Gasteiger partial charge in [-0.2, -0.15) is 0 Å². The highest BCUT2D eigenvalue weighted by atomic mass is 16.7. The van der Waals surface area contributed by atoms with E-state index in [0.29, 0.717) is 47.7 Å². The first-order chi connectivity index (χ1) is 14.7. The maximum atomic E-state index is 12.0. The summed E-state index contributed by atoms with van der Waals surface area (Å²) in [5, 5.41) is 3.96. The van der Waals surface area contributed by atoms with E-state index in [2.05, 4.69) is 5.16 Å². The van der Waals surface area contributed by atoms with Gasteiger partial charge in [-0.1, -0.05) is 11.2 Å². The zero-order chi connectivity index (χ0) is 20.3. The Hall–Kier alpha value is -3.94. The number of benzene rings is 2. The molecule has 1 aromatic heterocycles. The molecule has 0 N–H and O–H groups in total. The second kappa shape index (κ2) is 7.82. The molecule has 8 heteroatoms. The molecular weight excluding hydrogens is 390 g/mol. The van der Waals surface area contributed by atoms with Crippen LogP contribution < -0.4 is 18.9 Å². The lowest BCUT2D eigenvalue weighted by molar-refractivity contribution is -0.139. The Morgan fingerprint density at radius 1 is 0.933 bits per heavy atom. The van der Waals surface area contributed by atoms with Gasteiger partial charge < -0.3 is 28.2 Å². The first-order valence-electron chi connectivity index (χ1n) is 9.35. The number of aromatic nitrogens is 1. The second-order valence-electron chi connectivity index (χ2n) is 6.59. The van der Waals surface area contributed by atoms with E-state index < -0.39 is 5.97 Å². The molecule has 2 aliphatic rings. The molecule has 0 amide bonds. The molecule has 0 atom stereocenters. The maximum absolute atomic E-state index is 12.0. The van der Waals surface area contributed by atoms with Crippen molar-refractivity contribution in [1.29, 1.82) is 0 Å². The van der Waals surface area contributed by atoms with E-state index in [1.54, 1.807) is 24.3 Å². The average molecular weight is 407 g/mol. The van der Waals surface area contributed by atoms with E-state index in [-0.39, 0.29) is 13.4 Å². The number of nitrogens with zero attached hydrogens (tertiary/aromatic N) is 1. The topological polar surface area (TPSA) is 89.3 Å². The molecule has 152 valence electrons. The van der Waals surface area contributed by atoms with E-state index in [0.717, 1.165) is 11.1 Å². The van der Waals surface area contributed by atoms with Gasteiger partial charge in [0, 0.05) is 17.7 Å². The Morgan fingerprint density at radius 3 is 2.63 bits per heavy atom. The number of fused-ring (bicyclic) bond motifs is 2. The van der Waals surface area contributed by atoms with Gasteiger partial charge in [0.05, 0.1) is 0 Å². The summed E-state index contributed by atoms with van der Waals surface area (Å²) < 4.78 is 32.3. The fourth-order valence-electron chi connectivity index (χ4n) is 3.09. The molecule has 0 bridgehead atoms. The Morgan fingerprint density at radius 2 is 1.70 bits per heavy atom. The van der Waals surface area contributed by atoms with Crippen molar-refractivity contribution in [2.45, 2.75) is 6.61 Å². The van der Waals surface area contributed by atoms with Crippen molar-refractivity contribution in [3.05, 3.63) is 59.8 Å². The highest BCUT2D eigenvalue weighted by Crippen LogP contribution is 2.35. The van der Waals surface area contributed by atoms with Gasteiger partial charge in [-0.05, 0) is 42.0 Å². The van der Waals surface area contributed by atoms with Crippen molar-refractivity contribution in [1.82, 2.24) is 5.16 Å². The predicted molar refractivity (Wildman–Crippen MR) is 104 cm³/mol. The quantitative estimate of drug-likeness (QED) is 0.468. The van der Waals surface area contributed by atoms with E-state index in [1.807, 2.05) is 24.3 Å². The lowest BCUT2D eigenvalue weighted by atomic mass is 10.1. The van der Waals surface area contributed by atoms with Gasteiger partial charge in [0.15, 0.2) is 28.8 Å². The van der Waals surface area contributed by atoms with Gasteiger partial charge in [0.25, 0.3) is 0 Å². The Labute approximate surface area is 171 Å². The Kier molecular flexibility index (Phi) is 4.72. The van der Waals surface area contributed by atoms with Crippen LogP contribution in [0.25, 0.3) is 17.4 Å². The van der Waals surface area contributed by atoms with Crippen LogP contribution in [0.2, 0.25) is 0 Å². The van der Waals surface area contributed by atoms with E-state index in [9.17, 15) is 4.79 Å². The number of ether oxygens (including phenoxy) is 5. The predicted octanol–water partition coefficient (Wildman–Crippen LogP) is 3.60. The van der Waals surface area contributed by atoms with Crippen LogP contribution in [0.3, 0.4) is 0 Å². The van der Waals surface area contributed by atoms with Gasteiger partial charge in [-0.3, -0.25) is 0 Å². The third-order valence-electron chi connectivity index (χ3n) is 4.56. The molecule has 2 aromatic carbocycles. The van der Waals surface area contributed by atoms with Crippen LogP contribution in [0, 0.1) is 0 Å². The molecule has 0 saturated heterocycles. The van der Waals surface area contributed by atoms with Crippen LogP contribution in [0.1, 0.15) is 11.3 Å². The van der Waals surface area contributed by atoms with Crippen molar-refractivity contribution in [2.24, 2.45) is 0 Å². The van der Waals surface area contributed by atoms with Crippen LogP contribution >= 0.6 is 0 Å². The smallest absolute Gasteiger partial charge is 0.331 e. The van der Waals surface area contributed by atoms with Crippen molar-refractivity contribution in [3.8, 4) is 34.3 Å². The number of esters is 1. The highest BCUT2D eigenvalue weighted by molar-refractivity contribution is 5.87. The first kappa shape index (κ1) is 18.1. The van der Waals surface area contributed by atoms with Gasteiger partial charge >= 0.3 is 5.97 Å². The fraction of sp³-hybridized carbons (Fsp3) is 0.182. The molecule has 5 rings (SSSR count). The number of carbonyl (C=O) groups is 1. The van der Waals surface area contributed by atoms with E-state index in [1.165, 1.54) is 6.08 Å². The molecule has 0 radical (unpaired) electrons. The largest absolute Gasteiger partial charge is 0.486 e. The number of hydrogen-bond acceptors (Lipinski definition) is 8. The molecule has 0 unspecified atom stereocenters. The van der Waals surface area contributed by atoms with Gasteiger partial charge in [-0.15, -0.1) is 0 Å². The van der Waals surface area contributed by atoms with Crippen molar-refractivity contribution >= 4 is 12.0 Å². The van der Waals surface area contributed by atoms with Crippen molar-refractivity contribution in [3.63, 3.8) is 0 Å². The molecule has 8 nitrogen and oxygen atoms in total. The zero-order valence-corrected chi connectivity index (χ0v) is 15.8. The maximum Gasteiger partial charge on any atom is 0.331 e. The number of carbonyl (C=O) groups excluding carboxylic acids is 1. The minimum absolute atomic E-state index is 0.00162. The summed E-state index contributed by atoms with van der Waals surface area (Å²) in [4.78, 5) is 12.0. The first-order valence-corrected chi connectivity index (χ1v) is 9.35. The van der Waals surface area contributed by atoms with Gasteiger partial charge in [0.1, 0.15) is 25.5 Å². The lowest BCUT2D eigenvalue weighted by Crippen LogP contribution is -2.15. The molecule has 30 heavy (non-hydrogen) atoms. The van der Waals surface area contributed by atoms with E-state index in [4.69, 9.17) is 28.2 Å². The Balaban J connectivity index is 1.19. The summed E-state index contributed by atoms with van der Waals surface area (Å²) in [6.07, 6.45) is 2.99. The molecule has 3 heterocycles. The number of rotatable bonds is 5. The summed E-state index contributed by atoms with van der Waals surface area (Å²) in [5.74, 6) is 2.77. The minimum atomic E-state index is -0.489. The van der Waals surface area contributed by atoms with Crippen LogP contribution in [0.4, 0.5) is 0 Å². The molecule has 0 spiro atoms. The summed E-state index contributed by atoms with van der Waals surface area (Å²) in [5.41, 5.74) is 2.11. The normalized spacial score (nSPS) is 14.1. The summed E-state index contributed by atoms with van der Waals surface area (Å²) in [6, 6.07) is 12.7. The van der Waals surface area contributed by atoms with Gasteiger partial charge in [0.2, 0.25) is 6.79 Å². The standard InChI is InChI=1S/C22H17NO7/c24-22(6-2-14-1-4-18-20(9-14)29-13-28-18)27-12-16-11-19(30-23-16)15-3-5-17-21(10-15)26-8-7-25-17/h1-6,9-11H,7-8,12-13H2/b6-2-. The van der Waals surface area contributed by atoms with Gasteiger partial charge in [-0.25, -0.2) is 4.79 Å². The van der Waals surface area contributed by atoms with E-state index >= 15 is 0 Å². The minimum Gasteiger partial charge on any atom is -0.486 e. The fourth-order valence-corrected chi connectivity index (χ4v) is 3.09. The van der Waals surface area contributed by atoms with Crippen molar-refractivity contribution in [2.75, 3.05) is 20.0 Å². The Bertz CT molecular complexity index is 1120. The molecule has 0 aliphatic carbocycles. The third-order valence-corrected chi connectivity index (χ3v) is 4.56. The van der Waals surface area contributed by atoms with Crippen LogP contribution in [-0.2, 0) is 16.1 Å². The second-order valence-corrected chi connectivity index (χ2v) is 6.59. The van der Waals surface area contributed by atoms with Crippen LogP contribution in [0.15, 0.2) is 53.1 Å². The van der Waals surface area contributed by atoms with Crippen LogP contribution in [0.5, 0.6) is 23.0 Å².